The number of hydrogen-bond acceptors (Lipinski definition) is 3. The first-order valence-corrected chi connectivity index (χ1v) is 2.62. The average molecular weight is 179 g/mol. The molecule has 0 aromatic carbocycles. The van der Waals surface area contributed by atoms with Gasteiger partial charge in [-0.05, 0) is 0 Å². The summed E-state index contributed by atoms with van der Waals surface area (Å²) in [6.07, 6.45) is 0.717. The number of hydrogen-bond donors (Lipinski definition) is 1. The Labute approximate surface area is 88.5 Å². The van der Waals surface area contributed by atoms with Crippen LogP contribution in [-0.4, -0.2) is 15.9 Å². The molecule has 12 heavy (non-hydrogen) atoms. The summed E-state index contributed by atoms with van der Waals surface area (Å²) in [5.74, 6) is -2.29. The fraction of sp³-hybridized carbons (Fsp3) is 0. The number of aromatic nitrogens is 2. The van der Waals surface area contributed by atoms with Gasteiger partial charge in [0.2, 0.25) is 5.95 Å². The zero-order valence-electron chi connectivity index (χ0n) is 6.22. The quantitative estimate of drug-likeness (QED) is 0.469. The molecule has 0 spiro atoms. The molecule has 1 amide bonds. The zero-order valence-corrected chi connectivity index (χ0v) is 8.22. The molecule has 0 atom stereocenters. The van der Waals surface area contributed by atoms with Crippen molar-refractivity contribution in [2.45, 2.75) is 0 Å². The first-order chi connectivity index (χ1) is 5.11. The average Bonchev–Trinajstić information content (AvgIpc) is 1.94. The minimum absolute atomic E-state index is 0. The number of H-pyrrole nitrogens is 1. The molecule has 0 fully saturated rings. The second-order valence-electron chi connectivity index (χ2n) is 1.73. The van der Waals surface area contributed by atoms with Gasteiger partial charge in [0, 0.05) is 0 Å². The number of aromatic amines is 1. The van der Waals surface area contributed by atoms with Crippen molar-refractivity contribution in [3.05, 3.63) is 33.9 Å². The third kappa shape index (κ3) is 2.40. The molecule has 2 N–H and O–H groups in total. The smallest absolute Gasteiger partial charge is 0.662 e. The number of amides is 1. The van der Waals surface area contributed by atoms with Gasteiger partial charge >= 0.3 is 29.6 Å². The molecule has 5 nitrogen and oxygen atoms in total. The van der Waals surface area contributed by atoms with Crippen LogP contribution >= 0.6 is 0 Å². The molecule has 0 aliphatic heterocycles. The second kappa shape index (κ2) is 4.34. The molecule has 1 heterocycles. The first kappa shape index (κ1) is 11.3. The largest absolute Gasteiger partial charge is 1.00 e. The van der Waals surface area contributed by atoms with Crippen LogP contribution in [0.25, 0.3) is 5.73 Å². The molecule has 0 aliphatic rings. The van der Waals surface area contributed by atoms with E-state index in [4.69, 9.17) is 5.73 Å². The van der Waals surface area contributed by atoms with E-state index in [1.54, 1.807) is 0 Å². The molecule has 1 aromatic heterocycles. The Morgan fingerprint density at radius 3 is 2.67 bits per heavy atom. The van der Waals surface area contributed by atoms with Crippen LogP contribution < -0.4 is 35.1 Å². The Morgan fingerprint density at radius 1 is 1.67 bits per heavy atom. The molecule has 1 rings (SSSR count). The minimum Gasteiger partial charge on any atom is -0.662 e. The summed E-state index contributed by atoms with van der Waals surface area (Å²) in [6.45, 7) is 0. The van der Waals surface area contributed by atoms with Crippen LogP contribution in [0, 0.1) is 5.95 Å². The summed E-state index contributed by atoms with van der Waals surface area (Å²) in [5.41, 5.74) is 4.88. The SMILES string of the molecule is [NH-]C(=O)c1nc(F)c[nH]c1=O.[Na+]. The molecule has 0 radical (unpaired) electrons. The maximum atomic E-state index is 12.2. The number of halogens is 1. The van der Waals surface area contributed by atoms with Gasteiger partial charge in [0.15, 0.2) is 5.69 Å². The maximum absolute atomic E-state index is 12.2. The van der Waals surface area contributed by atoms with E-state index >= 15 is 0 Å². The minimum atomic E-state index is -1.30. The predicted molar refractivity (Wildman–Crippen MR) is 33.5 cm³/mol. The number of nitrogens with one attached hydrogen (secondary N) is 2. The molecular formula is C5H3FN3NaO2. The summed E-state index contributed by atoms with van der Waals surface area (Å²) in [4.78, 5) is 25.7. The summed E-state index contributed by atoms with van der Waals surface area (Å²) >= 11 is 0. The van der Waals surface area contributed by atoms with Crippen molar-refractivity contribution in [1.29, 1.82) is 0 Å². The molecule has 0 saturated carbocycles. The van der Waals surface area contributed by atoms with Crippen LogP contribution in [0.5, 0.6) is 0 Å². The van der Waals surface area contributed by atoms with E-state index in [1.807, 2.05) is 4.98 Å². The Bertz CT molecular complexity index is 351. The molecule has 58 valence electrons. The van der Waals surface area contributed by atoms with Crippen molar-refractivity contribution in [3.63, 3.8) is 0 Å². The molecule has 0 bridgehead atoms. The zero-order chi connectivity index (χ0) is 8.43. The normalized spacial score (nSPS) is 8.75. The van der Waals surface area contributed by atoms with Crippen LogP contribution in [0.15, 0.2) is 11.0 Å². The van der Waals surface area contributed by atoms with Gasteiger partial charge in [0.1, 0.15) is 5.91 Å². The van der Waals surface area contributed by atoms with Gasteiger partial charge < -0.3 is 15.5 Å². The molecule has 0 aliphatic carbocycles. The summed E-state index contributed by atoms with van der Waals surface area (Å²) in [5, 5.41) is 0. The summed E-state index contributed by atoms with van der Waals surface area (Å²) in [7, 11) is 0. The van der Waals surface area contributed by atoms with Crippen molar-refractivity contribution >= 4 is 5.91 Å². The molecular weight excluding hydrogens is 176 g/mol. The summed E-state index contributed by atoms with van der Waals surface area (Å²) in [6, 6.07) is 0. The van der Waals surface area contributed by atoms with E-state index in [0.29, 0.717) is 0 Å². The van der Waals surface area contributed by atoms with Crippen molar-refractivity contribution in [1.82, 2.24) is 9.97 Å². The van der Waals surface area contributed by atoms with E-state index in [9.17, 15) is 14.0 Å². The van der Waals surface area contributed by atoms with Gasteiger partial charge in [-0.25, -0.2) is 4.98 Å². The van der Waals surface area contributed by atoms with E-state index in [2.05, 4.69) is 4.98 Å². The van der Waals surface area contributed by atoms with Gasteiger partial charge in [-0.3, -0.25) is 4.79 Å². The van der Waals surface area contributed by atoms with Crippen molar-refractivity contribution in [3.8, 4) is 0 Å². The summed E-state index contributed by atoms with van der Waals surface area (Å²) < 4.78 is 12.2. The Kier molecular flexibility index (Phi) is 4.08. The first-order valence-electron chi connectivity index (χ1n) is 2.62. The molecule has 7 heteroatoms. The van der Waals surface area contributed by atoms with Crippen molar-refractivity contribution in [2.24, 2.45) is 0 Å². The van der Waals surface area contributed by atoms with Gasteiger partial charge in [-0.2, -0.15) is 4.39 Å². The van der Waals surface area contributed by atoms with Crippen LogP contribution in [-0.2, 0) is 0 Å². The number of nitrogens with zero attached hydrogens (tertiary/aromatic N) is 1. The Balaban J connectivity index is 0.00000121. The second-order valence-corrected chi connectivity index (χ2v) is 1.73. The van der Waals surface area contributed by atoms with Crippen LogP contribution in [0.2, 0.25) is 0 Å². The van der Waals surface area contributed by atoms with Gasteiger partial charge in [0.05, 0.1) is 6.20 Å². The Morgan fingerprint density at radius 2 is 2.25 bits per heavy atom. The van der Waals surface area contributed by atoms with Crippen molar-refractivity contribution in [2.75, 3.05) is 0 Å². The molecule has 0 unspecified atom stereocenters. The van der Waals surface area contributed by atoms with Crippen LogP contribution in [0.1, 0.15) is 10.5 Å². The van der Waals surface area contributed by atoms with E-state index in [-0.39, 0.29) is 29.6 Å². The number of carbonyl (C=O) groups is 1. The number of rotatable bonds is 1. The third-order valence-electron chi connectivity index (χ3n) is 0.971. The van der Waals surface area contributed by atoms with Gasteiger partial charge in [-0.15, -0.1) is 0 Å². The topological polar surface area (TPSA) is 86.6 Å². The van der Waals surface area contributed by atoms with Gasteiger partial charge in [-0.1, -0.05) is 0 Å². The monoisotopic (exact) mass is 179 g/mol. The van der Waals surface area contributed by atoms with E-state index in [0.717, 1.165) is 6.20 Å². The standard InChI is InChI=1S/C5H4FN3O2.Na/c6-2-1-8-5(11)3(9-2)4(7)10;/h1H,(H3,7,8,10,11);/q;+1/p-1. The van der Waals surface area contributed by atoms with E-state index < -0.39 is 23.1 Å². The third-order valence-corrected chi connectivity index (χ3v) is 0.971. The number of carbonyl (C=O) groups excluding carboxylic acids is 1. The van der Waals surface area contributed by atoms with Crippen LogP contribution in [0.3, 0.4) is 0 Å². The fourth-order valence-electron chi connectivity index (χ4n) is 0.537. The maximum Gasteiger partial charge on any atom is 1.00 e. The molecule has 1 aromatic rings. The van der Waals surface area contributed by atoms with Crippen LogP contribution in [0.4, 0.5) is 4.39 Å². The Hall–Kier alpha value is -0.720. The molecule has 0 saturated heterocycles. The van der Waals surface area contributed by atoms with Crippen molar-refractivity contribution < 1.29 is 38.7 Å². The van der Waals surface area contributed by atoms with E-state index in [1.165, 1.54) is 0 Å². The predicted octanol–water partition coefficient (Wildman–Crippen LogP) is -2.89. The fourth-order valence-corrected chi connectivity index (χ4v) is 0.537. The van der Waals surface area contributed by atoms with Gasteiger partial charge in [0.25, 0.3) is 5.56 Å².